The molecule has 1 N–H and O–H groups in total. The maximum atomic E-state index is 11.9. The molecule has 2 heterocycles. The fourth-order valence-corrected chi connectivity index (χ4v) is 1.71. The Bertz CT molecular complexity index is 547. The zero-order valence-corrected chi connectivity index (χ0v) is 11.0. The van der Waals surface area contributed by atoms with E-state index < -0.39 is 0 Å². The fourth-order valence-electron chi connectivity index (χ4n) is 1.47. The Morgan fingerprint density at radius 1 is 1.47 bits per heavy atom. The number of carbonyl (C=O) groups excluding carboxylic acids is 1. The van der Waals surface area contributed by atoms with Gasteiger partial charge in [-0.3, -0.25) is 9.48 Å². The second kappa shape index (κ2) is 4.67. The van der Waals surface area contributed by atoms with Crippen molar-refractivity contribution in [2.24, 2.45) is 7.05 Å². The molecule has 0 aromatic carbocycles. The van der Waals surface area contributed by atoms with Crippen LogP contribution in [-0.4, -0.2) is 20.7 Å². The van der Waals surface area contributed by atoms with Gasteiger partial charge < -0.3 is 5.32 Å². The van der Waals surface area contributed by atoms with E-state index in [9.17, 15) is 4.79 Å². The zero-order chi connectivity index (χ0) is 12.4. The van der Waals surface area contributed by atoms with Gasteiger partial charge in [0.25, 0.3) is 5.91 Å². The molecule has 17 heavy (non-hydrogen) atoms. The van der Waals surface area contributed by atoms with E-state index >= 15 is 0 Å². The maximum absolute atomic E-state index is 11.9. The number of aryl methyl sites for hydroxylation is 2. The highest BCUT2D eigenvalue weighted by Crippen LogP contribution is 2.13. The Labute approximate surface area is 107 Å². The molecule has 0 fully saturated rings. The molecule has 0 aliphatic carbocycles. The van der Waals surface area contributed by atoms with Crippen LogP contribution in [0.5, 0.6) is 0 Å². The first-order valence-corrected chi connectivity index (χ1v) is 5.78. The highest BCUT2D eigenvalue weighted by atomic mass is 79.9. The Morgan fingerprint density at radius 3 is 2.76 bits per heavy atom. The van der Waals surface area contributed by atoms with Crippen molar-refractivity contribution < 1.29 is 4.79 Å². The first kappa shape index (κ1) is 11.8. The molecule has 0 saturated carbocycles. The SMILES string of the molecule is Cc1nn(C)cc1C(=O)Nc1ccc(Br)nc1. The van der Waals surface area contributed by atoms with Crippen LogP contribution in [0, 0.1) is 6.92 Å². The molecule has 0 atom stereocenters. The quantitative estimate of drug-likeness (QED) is 0.863. The minimum absolute atomic E-state index is 0.181. The Balaban J connectivity index is 2.17. The molecular weight excluding hydrogens is 284 g/mol. The lowest BCUT2D eigenvalue weighted by molar-refractivity contribution is 0.102. The van der Waals surface area contributed by atoms with E-state index in [-0.39, 0.29) is 5.91 Å². The second-order valence-electron chi connectivity index (χ2n) is 3.63. The predicted octanol–water partition coefficient (Wildman–Crippen LogP) is 2.14. The number of anilines is 1. The number of hydrogen-bond acceptors (Lipinski definition) is 3. The van der Waals surface area contributed by atoms with E-state index in [0.29, 0.717) is 16.9 Å². The summed E-state index contributed by atoms with van der Waals surface area (Å²) in [6.45, 7) is 1.80. The van der Waals surface area contributed by atoms with Gasteiger partial charge in [0.2, 0.25) is 0 Å². The van der Waals surface area contributed by atoms with Crippen molar-refractivity contribution in [3.8, 4) is 0 Å². The van der Waals surface area contributed by atoms with Crippen molar-refractivity contribution in [1.82, 2.24) is 14.8 Å². The van der Waals surface area contributed by atoms with Gasteiger partial charge in [-0.15, -0.1) is 0 Å². The van der Waals surface area contributed by atoms with Gasteiger partial charge in [-0.1, -0.05) is 0 Å². The van der Waals surface area contributed by atoms with Crippen LogP contribution in [0.15, 0.2) is 29.1 Å². The number of nitrogens with one attached hydrogen (secondary N) is 1. The lowest BCUT2D eigenvalue weighted by atomic mass is 10.2. The third-order valence-electron chi connectivity index (χ3n) is 2.24. The molecule has 0 aliphatic rings. The number of pyridine rings is 1. The summed E-state index contributed by atoms with van der Waals surface area (Å²) >= 11 is 3.23. The van der Waals surface area contributed by atoms with Crippen LogP contribution in [-0.2, 0) is 7.05 Å². The minimum atomic E-state index is -0.181. The van der Waals surface area contributed by atoms with Gasteiger partial charge >= 0.3 is 0 Å². The average Bonchev–Trinajstić information content (AvgIpc) is 2.61. The molecule has 2 rings (SSSR count). The van der Waals surface area contributed by atoms with Crippen molar-refractivity contribution in [2.45, 2.75) is 6.92 Å². The van der Waals surface area contributed by atoms with Crippen LogP contribution in [0.4, 0.5) is 5.69 Å². The van der Waals surface area contributed by atoms with Crippen LogP contribution in [0.1, 0.15) is 16.1 Å². The van der Waals surface area contributed by atoms with Crippen molar-refractivity contribution in [2.75, 3.05) is 5.32 Å². The second-order valence-corrected chi connectivity index (χ2v) is 4.44. The van der Waals surface area contributed by atoms with Crippen LogP contribution in [0.25, 0.3) is 0 Å². The number of amides is 1. The number of aromatic nitrogens is 3. The van der Waals surface area contributed by atoms with Crippen molar-refractivity contribution in [1.29, 1.82) is 0 Å². The molecule has 2 aromatic rings. The summed E-state index contributed by atoms with van der Waals surface area (Å²) in [6, 6.07) is 3.55. The van der Waals surface area contributed by atoms with Gasteiger partial charge in [0.15, 0.2) is 0 Å². The number of carbonyl (C=O) groups is 1. The summed E-state index contributed by atoms with van der Waals surface area (Å²) in [6.07, 6.45) is 3.28. The molecule has 5 nitrogen and oxygen atoms in total. The van der Waals surface area contributed by atoms with E-state index in [2.05, 4.69) is 31.3 Å². The van der Waals surface area contributed by atoms with Crippen LogP contribution >= 0.6 is 15.9 Å². The zero-order valence-electron chi connectivity index (χ0n) is 9.44. The standard InChI is InChI=1S/C11H11BrN4O/c1-7-9(6-16(2)15-7)11(17)14-8-3-4-10(12)13-5-8/h3-6H,1-2H3,(H,14,17). The molecule has 88 valence electrons. The van der Waals surface area contributed by atoms with Crippen molar-refractivity contribution >= 4 is 27.5 Å². The summed E-state index contributed by atoms with van der Waals surface area (Å²) in [5, 5.41) is 6.88. The summed E-state index contributed by atoms with van der Waals surface area (Å²) in [5.74, 6) is -0.181. The Hall–Kier alpha value is -1.69. The lowest BCUT2D eigenvalue weighted by Gasteiger charge is -2.03. The normalized spacial score (nSPS) is 10.3. The topological polar surface area (TPSA) is 59.8 Å². The monoisotopic (exact) mass is 294 g/mol. The summed E-state index contributed by atoms with van der Waals surface area (Å²) < 4.78 is 2.34. The molecular formula is C11H11BrN4O. The fraction of sp³-hybridized carbons (Fsp3) is 0.182. The summed E-state index contributed by atoms with van der Waals surface area (Å²) in [7, 11) is 1.78. The number of nitrogens with zero attached hydrogens (tertiary/aromatic N) is 3. The van der Waals surface area contributed by atoms with E-state index in [1.54, 1.807) is 43.2 Å². The first-order valence-electron chi connectivity index (χ1n) is 4.99. The molecule has 0 aliphatic heterocycles. The Kier molecular flexibility index (Phi) is 3.23. The maximum Gasteiger partial charge on any atom is 0.259 e. The molecule has 0 bridgehead atoms. The number of rotatable bonds is 2. The van der Waals surface area contributed by atoms with Gasteiger partial charge in [0, 0.05) is 13.2 Å². The van der Waals surface area contributed by atoms with Crippen LogP contribution in [0.3, 0.4) is 0 Å². The summed E-state index contributed by atoms with van der Waals surface area (Å²) in [4.78, 5) is 16.0. The van der Waals surface area contributed by atoms with Crippen LogP contribution in [0.2, 0.25) is 0 Å². The smallest absolute Gasteiger partial charge is 0.259 e. The minimum Gasteiger partial charge on any atom is -0.320 e. The third kappa shape index (κ3) is 2.71. The highest BCUT2D eigenvalue weighted by Gasteiger charge is 2.12. The number of halogens is 1. The largest absolute Gasteiger partial charge is 0.320 e. The number of hydrogen-bond donors (Lipinski definition) is 1. The van der Waals surface area contributed by atoms with Gasteiger partial charge in [-0.25, -0.2) is 4.98 Å². The van der Waals surface area contributed by atoms with Gasteiger partial charge in [0.1, 0.15) is 4.60 Å². The predicted molar refractivity (Wildman–Crippen MR) is 67.8 cm³/mol. The molecule has 0 saturated heterocycles. The molecule has 2 aromatic heterocycles. The van der Waals surface area contributed by atoms with E-state index in [1.165, 1.54) is 0 Å². The molecule has 6 heteroatoms. The Morgan fingerprint density at radius 2 is 2.24 bits per heavy atom. The molecule has 0 spiro atoms. The van der Waals surface area contributed by atoms with Crippen molar-refractivity contribution in [3.63, 3.8) is 0 Å². The van der Waals surface area contributed by atoms with E-state index in [4.69, 9.17) is 0 Å². The molecule has 0 unspecified atom stereocenters. The first-order chi connectivity index (χ1) is 8.06. The van der Waals surface area contributed by atoms with E-state index in [1.807, 2.05) is 0 Å². The van der Waals surface area contributed by atoms with Gasteiger partial charge in [-0.2, -0.15) is 5.10 Å². The van der Waals surface area contributed by atoms with Gasteiger partial charge in [0.05, 0.1) is 23.1 Å². The highest BCUT2D eigenvalue weighted by molar-refractivity contribution is 9.10. The van der Waals surface area contributed by atoms with Crippen molar-refractivity contribution in [3.05, 3.63) is 40.4 Å². The average molecular weight is 295 g/mol. The lowest BCUT2D eigenvalue weighted by Crippen LogP contribution is -2.12. The third-order valence-corrected chi connectivity index (χ3v) is 2.71. The summed E-state index contributed by atoms with van der Waals surface area (Å²) in [5.41, 5.74) is 1.92. The van der Waals surface area contributed by atoms with E-state index in [0.717, 1.165) is 4.60 Å². The van der Waals surface area contributed by atoms with Gasteiger partial charge in [-0.05, 0) is 35.0 Å². The van der Waals surface area contributed by atoms with Crippen LogP contribution < -0.4 is 5.32 Å². The molecule has 0 radical (unpaired) electrons. The molecule has 1 amide bonds.